The molecule has 1 aliphatic heterocycles. The van der Waals surface area contributed by atoms with Crippen molar-refractivity contribution in [3.63, 3.8) is 0 Å². The Labute approximate surface area is 127 Å². The Morgan fingerprint density at radius 3 is 3.05 bits per heavy atom. The Morgan fingerprint density at radius 2 is 2.27 bits per heavy atom. The highest BCUT2D eigenvalue weighted by atomic mass is 16.5. The van der Waals surface area contributed by atoms with Crippen molar-refractivity contribution in [3.05, 3.63) is 42.2 Å². The van der Waals surface area contributed by atoms with Crippen molar-refractivity contribution in [1.29, 1.82) is 0 Å². The van der Waals surface area contributed by atoms with Crippen LogP contribution in [-0.4, -0.2) is 48.6 Å². The van der Waals surface area contributed by atoms with Gasteiger partial charge in [0, 0.05) is 0 Å². The van der Waals surface area contributed by atoms with Crippen molar-refractivity contribution in [2.45, 2.75) is 12.1 Å². The molecule has 0 unspecified atom stereocenters. The lowest BCUT2D eigenvalue weighted by molar-refractivity contribution is 0.0901. The van der Waals surface area contributed by atoms with E-state index in [-0.39, 0.29) is 18.1 Å². The Balaban J connectivity index is 1.67. The number of aromatic amines is 1. The third-order valence-electron chi connectivity index (χ3n) is 3.46. The number of hydrogen-bond acceptors (Lipinski definition) is 5. The number of nitrogens with one attached hydrogen (secondary N) is 2. The van der Waals surface area contributed by atoms with E-state index in [9.17, 15) is 4.79 Å². The summed E-state index contributed by atoms with van der Waals surface area (Å²) in [5, 5.41) is 9.44. The molecule has 2 atom stereocenters. The van der Waals surface area contributed by atoms with Gasteiger partial charge in [0.15, 0.2) is 5.75 Å². The van der Waals surface area contributed by atoms with E-state index in [0.717, 1.165) is 0 Å². The first kappa shape index (κ1) is 14.4. The number of rotatable bonds is 5. The first-order valence-electron chi connectivity index (χ1n) is 6.95. The lowest BCUT2D eigenvalue weighted by Gasteiger charge is -2.20. The van der Waals surface area contributed by atoms with Crippen LogP contribution in [0.4, 0.5) is 0 Å². The number of methoxy groups -OCH3 is 1. The van der Waals surface area contributed by atoms with Gasteiger partial charge in [0.1, 0.15) is 11.9 Å². The summed E-state index contributed by atoms with van der Waals surface area (Å²) in [6.07, 6.45) is 2.98. The summed E-state index contributed by atoms with van der Waals surface area (Å²) in [5.74, 6) is 0.937. The maximum atomic E-state index is 12.4. The van der Waals surface area contributed by atoms with Gasteiger partial charge in [-0.25, -0.2) is 0 Å². The highest BCUT2D eigenvalue weighted by Gasteiger charge is 2.32. The Bertz CT molecular complexity index is 629. The predicted octanol–water partition coefficient (Wildman–Crippen LogP) is 0.994. The number of amides is 1. The van der Waals surface area contributed by atoms with Gasteiger partial charge in [0.2, 0.25) is 0 Å². The van der Waals surface area contributed by atoms with E-state index in [0.29, 0.717) is 30.3 Å². The first-order valence-corrected chi connectivity index (χ1v) is 6.95. The summed E-state index contributed by atoms with van der Waals surface area (Å²) in [6.45, 7) is 0.825. The average Bonchev–Trinajstić information content (AvgIpc) is 3.20. The topological polar surface area (TPSA) is 85.5 Å². The normalized spacial score (nSPS) is 20.6. The minimum atomic E-state index is -0.253. The molecule has 1 aromatic carbocycles. The van der Waals surface area contributed by atoms with Gasteiger partial charge in [-0.3, -0.25) is 9.89 Å². The zero-order chi connectivity index (χ0) is 15.4. The van der Waals surface area contributed by atoms with E-state index in [2.05, 4.69) is 15.5 Å². The summed E-state index contributed by atoms with van der Waals surface area (Å²) in [4.78, 5) is 12.4. The number of aromatic nitrogens is 2. The molecule has 0 saturated carbocycles. The van der Waals surface area contributed by atoms with E-state index in [4.69, 9.17) is 14.2 Å². The quantitative estimate of drug-likeness (QED) is 0.860. The van der Waals surface area contributed by atoms with Crippen molar-refractivity contribution in [1.82, 2.24) is 15.5 Å². The minimum Gasteiger partial charge on any atom is -0.496 e. The van der Waals surface area contributed by atoms with Gasteiger partial charge in [-0.1, -0.05) is 12.1 Å². The lowest BCUT2D eigenvalue weighted by atomic mass is 10.1. The Kier molecular flexibility index (Phi) is 4.24. The van der Waals surface area contributed by atoms with Crippen LogP contribution in [0, 0.1) is 0 Å². The SMILES string of the molecule is COc1ccccc1C(=O)N[C@H]1COC[C@H]1Oc1cn[nH]c1. The van der Waals surface area contributed by atoms with E-state index in [1.165, 1.54) is 7.11 Å². The standard InChI is InChI=1S/C15H17N3O4/c1-20-13-5-3-2-4-11(13)15(19)18-12-8-21-9-14(12)22-10-6-16-17-7-10/h2-7,12,14H,8-9H2,1H3,(H,16,17)(H,18,19)/t12-,14+/m0/s1. The molecule has 7 heteroatoms. The second-order valence-electron chi connectivity index (χ2n) is 4.91. The zero-order valence-corrected chi connectivity index (χ0v) is 12.1. The molecular weight excluding hydrogens is 286 g/mol. The highest BCUT2D eigenvalue weighted by molar-refractivity contribution is 5.97. The average molecular weight is 303 g/mol. The summed E-state index contributed by atoms with van der Waals surface area (Å²) in [7, 11) is 1.54. The van der Waals surface area contributed by atoms with E-state index in [1.54, 1.807) is 30.6 Å². The number of nitrogens with zero attached hydrogens (tertiary/aromatic N) is 1. The molecule has 1 fully saturated rings. The second kappa shape index (κ2) is 6.48. The summed E-state index contributed by atoms with van der Waals surface area (Å²) >= 11 is 0. The zero-order valence-electron chi connectivity index (χ0n) is 12.1. The summed E-state index contributed by atoms with van der Waals surface area (Å²) in [6, 6.07) is 6.85. The van der Waals surface area contributed by atoms with Gasteiger partial charge in [0.25, 0.3) is 5.91 Å². The molecule has 0 bridgehead atoms. The van der Waals surface area contributed by atoms with Crippen LogP contribution in [-0.2, 0) is 4.74 Å². The number of ether oxygens (including phenoxy) is 3. The number of benzene rings is 1. The molecule has 2 aromatic rings. The molecule has 3 rings (SSSR count). The largest absolute Gasteiger partial charge is 0.496 e. The van der Waals surface area contributed by atoms with Gasteiger partial charge in [-0.15, -0.1) is 0 Å². The van der Waals surface area contributed by atoms with Crippen LogP contribution in [0.2, 0.25) is 0 Å². The number of carbonyl (C=O) groups excluding carboxylic acids is 1. The minimum absolute atomic E-state index is 0.214. The fourth-order valence-corrected chi connectivity index (χ4v) is 2.34. The first-order chi connectivity index (χ1) is 10.8. The molecular formula is C15H17N3O4. The summed E-state index contributed by atoms with van der Waals surface area (Å²) < 4.78 is 16.4. The molecule has 22 heavy (non-hydrogen) atoms. The van der Waals surface area contributed by atoms with Crippen molar-refractivity contribution in [3.8, 4) is 11.5 Å². The molecule has 1 aliphatic rings. The molecule has 0 aliphatic carbocycles. The number of carbonyl (C=O) groups is 1. The molecule has 1 saturated heterocycles. The molecule has 1 aromatic heterocycles. The lowest BCUT2D eigenvalue weighted by Crippen LogP contribution is -2.45. The highest BCUT2D eigenvalue weighted by Crippen LogP contribution is 2.19. The number of para-hydroxylation sites is 1. The van der Waals surface area contributed by atoms with Crippen molar-refractivity contribution < 1.29 is 19.0 Å². The maximum absolute atomic E-state index is 12.4. The molecule has 2 N–H and O–H groups in total. The van der Waals surface area contributed by atoms with Crippen LogP contribution in [0.3, 0.4) is 0 Å². The summed E-state index contributed by atoms with van der Waals surface area (Å²) in [5.41, 5.74) is 0.485. The van der Waals surface area contributed by atoms with Crippen molar-refractivity contribution in [2.24, 2.45) is 0 Å². The molecule has 2 heterocycles. The third-order valence-corrected chi connectivity index (χ3v) is 3.46. The molecule has 1 amide bonds. The van der Waals surface area contributed by atoms with Crippen LogP contribution in [0.1, 0.15) is 10.4 Å². The van der Waals surface area contributed by atoms with E-state index in [1.807, 2.05) is 6.07 Å². The monoisotopic (exact) mass is 303 g/mol. The molecule has 116 valence electrons. The molecule has 0 spiro atoms. The van der Waals surface area contributed by atoms with Crippen LogP contribution in [0.15, 0.2) is 36.7 Å². The fourth-order valence-electron chi connectivity index (χ4n) is 2.34. The van der Waals surface area contributed by atoms with E-state index >= 15 is 0 Å². The van der Waals surface area contributed by atoms with Crippen molar-refractivity contribution in [2.75, 3.05) is 20.3 Å². The van der Waals surface area contributed by atoms with Gasteiger partial charge >= 0.3 is 0 Å². The van der Waals surface area contributed by atoms with Gasteiger partial charge in [-0.2, -0.15) is 5.10 Å². The van der Waals surface area contributed by atoms with Gasteiger partial charge in [-0.05, 0) is 12.1 Å². The molecule has 0 radical (unpaired) electrons. The fraction of sp³-hybridized carbons (Fsp3) is 0.333. The number of hydrogen-bond donors (Lipinski definition) is 2. The Morgan fingerprint density at radius 1 is 1.41 bits per heavy atom. The van der Waals surface area contributed by atoms with Gasteiger partial charge in [0.05, 0.1) is 44.3 Å². The Hall–Kier alpha value is -2.54. The number of H-pyrrole nitrogens is 1. The molecule has 7 nitrogen and oxygen atoms in total. The van der Waals surface area contributed by atoms with Crippen LogP contribution in [0.25, 0.3) is 0 Å². The van der Waals surface area contributed by atoms with Crippen molar-refractivity contribution >= 4 is 5.91 Å². The van der Waals surface area contributed by atoms with Crippen LogP contribution < -0.4 is 14.8 Å². The van der Waals surface area contributed by atoms with Crippen LogP contribution >= 0.6 is 0 Å². The third kappa shape index (κ3) is 3.04. The smallest absolute Gasteiger partial charge is 0.255 e. The van der Waals surface area contributed by atoms with Gasteiger partial charge < -0.3 is 19.5 Å². The second-order valence-corrected chi connectivity index (χ2v) is 4.91. The maximum Gasteiger partial charge on any atom is 0.255 e. The van der Waals surface area contributed by atoms with E-state index < -0.39 is 0 Å². The van der Waals surface area contributed by atoms with Crippen LogP contribution in [0.5, 0.6) is 11.5 Å². The predicted molar refractivity (Wildman–Crippen MR) is 78.1 cm³/mol.